The molecule has 0 unspecified atom stereocenters. The molecule has 1 amide bonds. The summed E-state index contributed by atoms with van der Waals surface area (Å²) < 4.78 is 0. The number of benzene rings is 1. The zero-order chi connectivity index (χ0) is 13.2. The zero-order valence-corrected chi connectivity index (χ0v) is 10.8. The van der Waals surface area contributed by atoms with Gasteiger partial charge in [0.1, 0.15) is 5.52 Å². The molecule has 6 heteroatoms. The quantitative estimate of drug-likeness (QED) is 0.683. The van der Waals surface area contributed by atoms with Gasteiger partial charge in [-0.05, 0) is 23.6 Å². The van der Waals surface area contributed by atoms with Crippen molar-refractivity contribution in [3.05, 3.63) is 46.2 Å². The molecule has 0 aliphatic carbocycles. The number of aromatic amines is 1. The van der Waals surface area contributed by atoms with Crippen LogP contribution in [0.4, 0.5) is 5.95 Å². The molecule has 0 bridgehead atoms. The monoisotopic (exact) mass is 272 g/mol. The van der Waals surface area contributed by atoms with Crippen LogP contribution in [0.3, 0.4) is 0 Å². The van der Waals surface area contributed by atoms with Gasteiger partial charge in [-0.25, -0.2) is 4.98 Å². The zero-order valence-electron chi connectivity index (χ0n) is 10.0. The van der Waals surface area contributed by atoms with E-state index in [-0.39, 0.29) is 5.91 Å². The summed E-state index contributed by atoms with van der Waals surface area (Å²) in [6.45, 7) is 0.521. The number of anilines is 1. The van der Waals surface area contributed by atoms with Gasteiger partial charge in [0.15, 0.2) is 5.95 Å². The average Bonchev–Trinajstić information content (AvgIpc) is 3.02. The lowest BCUT2D eigenvalue weighted by Crippen LogP contribution is -2.22. The molecule has 2 heterocycles. The largest absolute Gasteiger partial charge is 0.369 e. The van der Waals surface area contributed by atoms with E-state index >= 15 is 0 Å². The summed E-state index contributed by atoms with van der Waals surface area (Å²) in [5.41, 5.74) is 7.51. The highest BCUT2D eigenvalue weighted by atomic mass is 32.1. The molecule has 3 aromatic rings. The SMILES string of the molecule is Nc1nc2c(C(=O)NCc3cccs3)cccc2[nH]1. The Morgan fingerprint density at radius 1 is 1.37 bits per heavy atom. The summed E-state index contributed by atoms with van der Waals surface area (Å²) in [7, 11) is 0. The minimum Gasteiger partial charge on any atom is -0.369 e. The second kappa shape index (κ2) is 4.74. The fourth-order valence-electron chi connectivity index (χ4n) is 1.91. The first-order chi connectivity index (χ1) is 9.24. The van der Waals surface area contributed by atoms with Crippen LogP contribution in [0.1, 0.15) is 15.2 Å². The number of carbonyl (C=O) groups excluding carboxylic acids is 1. The van der Waals surface area contributed by atoms with Gasteiger partial charge in [0.25, 0.3) is 5.91 Å². The minimum absolute atomic E-state index is 0.148. The van der Waals surface area contributed by atoms with E-state index in [1.54, 1.807) is 23.5 Å². The molecule has 19 heavy (non-hydrogen) atoms. The van der Waals surface area contributed by atoms with Gasteiger partial charge < -0.3 is 16.0 Å². The molecule has 0 atom stereocenters. The number of imidazole rings is 1. The Kier molecular flexibility index (Phi) is 2.92. The number of amides is 1. The molecular formula is C13H12N4OS. The van der Waals surface area contributed by atoms with E-state index in [2.05, 4.69) is 15.3 Å². The normalized spacial score (nSPS) is 10.7. The third kappa shape index (κ3) is 2.30. The topological polar surface area (TPSA) is 83.8 Å². The molecule has 2 aromatic heterocycles. The number of fused-ring (bicyclic) bond motifs is 1. The number of carbonyl (C=O) groups is 1. The fraction of sp³-hybridized carbons (Fsp3) is 0.0769. The number of hydrogen-bond acceptors (Lipinski definition) is 4. The van der Waals surface area contributed by atoms with Crippen LogP contribution in [-0.2, 0) is 6.54 Å². The second-order valence-electron chi connectivity index (χ2n) is 4.09. The fourth-order valence-corrected chi connectivity index (χ4v) is 2.55. The second-order valence-corrected chi connectivity index (χ2v) is 5.12. The minimum atomic E-state index is -0.148. The highest BCUT2D eigenvalue weighted by Gasteiger charge is 2.12. The van der Waals surface area contributed by atoms with Gasteiger partial charge in [0, 0.05) is 4.88 Å². The number of nitrogens with two attached hydrogens (primary N) is 1. The molecule has 0 aliphatic heterocycles. The van der Waals surface area contributed by atoms with E-state index in [4.69, 9.17) is 5.73 Å². The van der Waals surface area contributed by atoms with Crippen molar-refractivity contribution in [3.8, 4) is 0 Å². The van der Waals surface area contributed by atoms with Crippen molar-refractivity contribution in [3.63, 3.8) is 0 Å². The van der Waals surface area contributed by atoms with Gasteiger partial charge in [-0.15, -0.1) is 11.3 Å². The molecule has 0 spiro atoms. The molecule has 0 saturated heterocycles. The van der Waals surface area contributed by atoms with Gasteiger partial charge in [-0.2, -0.15) is 0 Å². The first-order valence-electron chi connectivity index (χ1n) is 5.79. The van der Waals surface area contributed by atoms with Gasteiger partial charge in [0.2, 0.25) is 0 Å². The molecule has 0 radical (unpaired) electrons. The predicted molar refractivity (Wildman–Crippen MR) is 76.0 cm³/mol. The number of hydrogen-bond donors (Lipinski definition) is 3. The Bertz CT molecular complexity index is 717. The number of aromatic nitrogens is 2. The van der Waals surface area contributed by atoms with E-state index < -0.39 is 0 Å². The molecule has 96 valence electrons. The van der Waals surface area contributed by atoms with Crippen molar-refractivity contribution in [1.29, 1.82) is 0 Å². The number of para-hydroxylation sites is 1. The maximum Gasteiger partial charge on any atom is 0.253 e. The average molecular weight is 272 g/mol. The number of nitrogen functional groups attached to an aromatic ring is 1. The Morgan fingerprint density at radius 3 is 3.05 bits per heavy atom. The lowest BCUT2D eigenvalue weighted by atomic mass is 10.1. The number of H-pyrrole nitrogens is 1. The van der Waals surface area contributed by atoms with Crippen LogP contribution in [0, 0.1) is 0 Å². The van der Waals surface area contributed by atoms with E-state index in [0.717, 1.165) is 10.4 Å². The third-order valence-corrected chi connectivity index (χ3v) is 3.66. The molecule has 0 aliphatic rings. The predicted octanol–water partition coefficient (Wildman–Crippen LogP) is 2.14. The molecular weight excluding hydrogens is 260 g/mol. The van der Waals surface area contributed by atoms with Crippen LogP contribution in [0.25, 0.3) is 11.0 Å². The van der Waals surface area contributed by atoms with Crippen molar-refractivity contribution in [1.82, 2.24) is 15.3 Å². The molecule has 0 saturated carbocycles. The van der Waals surface area contributed by atoms with Crippen LogP contribution in [0.5, 0.6) is 0 Å². The Hall–Kier alpha value is -2.34. The van der Waals surface area contributed by atoms with E-state index in [1.165, 1.54) is 0 Å². The number of thiophene rings is 1. The van der Waals surface area contributed by atoms with Crippen LogP contribution >= 0.6 is 11.3 Å². The summed E-state index contributed by atoms with van der Waals surface area (Å²) in [6, 6.07) is 9.33. The highest BCUT2D eigenvalue weighted by Crippen LogP contribution is 2.17. The highest BCUT2D eigenvalue weighted by molar-refractivity contribution is 7.09. The lowest BCUT2D eigenvalue weighted by Gasteiger charge is -2.04. The lowest BCUT2D eigenvalue weighted by molar-refractivity contribution is 0.0953. The third-order valence-electron chi connectivity index (χ3n) is 2.78. The Labute approximate surface area is 113 Å². The molecule has 0 fully saturated rings. The van der Waals surface area contributed by atoms with Gasteiger partial charge in [0.05, 0.1) is 17.6 Å². The van der Waals surface area contributed by atoms with Crippen LogP contribution < -0.4 is 11.1 Å². The standard InChI is InChI=1S/C13H12N4OS/c14-13-16-10-5-1-4-9(11(10)17-13)12(18)15-7-8-3-2-6-19-8/h1-6H,7H2,(H,15,18)(H3,14,16,17). The summed E-state index contributed by atoms with van der Waals surface area (Å²) >= 11 is 1.61. The molecule has 3 rings (SSSR count). The van der Waals surface area contributed by atoms with Crippen molar-refractivity contribution in [2.75, 3.05) is 5.73 Å². The number of rotatable bonds is 3. The van der Waals surface area contributed by atoms with Gasteiger partial charge in [-0.1, -0.05) is 12.1 Å². The van der Waals surface area contributed by atoms with Crippen LogP contribution in [0.15, 0.2) is 35.7 Å². The van der Waals surface area contributed by atoms with E-state index in [1.807, 2.05) is 23.6 Å². The Balaban J connectivity index is 1.85. The van der Waals surface area contributed by atoms with Gasteiger partial charge >= 0.3 is 0 Å². The smallest absolute Gasteiger partial charge is 0.253 e. The van der Waals surface area contributed by atoms with E-state index in [0.29, 0.717) is 23.6 Å². The van der Waals surface area contributed by atoms with Crippen molar-refractivity contribution in [2.45, 2.75) is 6.54 Å². The molecule has 5 nitrogen and oxygen atoms in total. The van der Waals surface area contributed by atoms with Crippen molar-refractivity contribution >= 4 is 34.2 Å². The maximum absolute atomic E-state index is 12.2. The Morgan fingerprint density at radius 2 is 2.26 bits per heavy atom. The first-order valence-corrected chi connectivity index (χ1v) is 6.67. The van der Waals surface area contributed by atoms with Crippen molar-refractivity contribution < 1.29 is 4.79 Å². The van der Waals surface area contributed by atoms with Crippen LogP contribution in [-0.4, -0.2) is 15.9 Å². The van der Waals surface area contributed by atoms with Crippen LogP contribution in [0.2, 0.25) is 0 Å². The summed E-state index contributed by atoms with van der Waals surface area (Å²) in [6.07, 6.45) is 0. The van der Waals surface area contributed by atoms with E-state index in [9.17, 15) is 4.79 Å². The first kappa shape index (κ1) is 11.7. The number of nitrogens with zero attached hydrogens (tertiary/aromatic N) is 1. The summed E-state index contributed by atoms with van der Waals surface area (Å²) in [5.74, 6) is 0.166. The maximum atomic E-state index is 12.2. The van der Waals surface area contributed by atoms with Gasteiger partial charge in [-0.3, -0.25) is 4.79 Å². The molecule has 4 N–H and O–H groups in total. The summed E-state index contributed by atoms with van der Waals surface area (Å²) in [4.78, 5) is 20.3. The molecule has 1 aromatic carbocycles. The van der Waals surface area contributed by atoms with Crippen molar-refractivity contribution in [2.24, 2.45) is 0 Å². The summed E-state index contributed by atoms with van der Waals surface area (Å²) in [5, 5.41) is 4.86. The number of nitrogens with one attached hydrogen (secondary N) is 2.